The van der Waals surface area contributed by atoms with E-state index in [1.807, 2.05) is 24.3 Å². The molecule has 0 aliphatic carbocycles. The van der Waals surface area contributed by atoms with Crippen LogP contribution >= 0.6 is 22.7 Å². The minimum Gasteiger partial charge on any atom is -0.425 e. The molecule has 170 valence electrons. The fourth-order valence-corrected chi connectivity index (χ4v) is 5.27. The van der Waals surface area contributed by atoms with Crippen LogP contribution in [0.15, 0.2) is 82.4 Å². The number of carbonyl (C=O) groups is 2. The molecule has 34 heavy (non-hydrogen) atoms. The first-order chi connectivity index (χ1) is 16.5. The summed E-state index contributed by atoms with van der Waals surface area (Å²) in [6.07, 6.45) is 0. The number of nitrogens with zero attached hydrogens (tertiary/aromatic N) is 2. The summed E-state index contributed by atoms with van der Waals surface area (Å²) >= 11 is 2.14. The second kappa shape index (κ2) is 9.08. The molecule has 0 saturated carbocycles. The van der Waals surface area contributed by atoms with Gasteiger partial charge in [0, 0.05) is 0 Å². The van der Waals surface area contributed by atoms with E-state index in [4.69, 9.17) is 9.47 Å². The fourth-order valence-electron chi connectivity index (χ4n) is 3.49. The van der Waals surface area contributed by atoms with Gasteiger partial charge < -0.3 is 9.47 Å². The summed E-state index contributed by atoms with van der Waals surface area (Å²) in [5.74, 6) is -0.701. The van der Waals surface area contributed by atoms with E-state index in [-0.39, 0.29) is 34.3 Å². The van der Waals surface area contributed by atoms with E-state index in [0.29, 0.717) is 11.0 Å². The van der Waals surface area contributed by atoms with Crippen molar-refractivity contribution >= 4 is 55.0 Å². The third kappa shape index (κ3) is 4.41. The van der Waals surface area contributed by atoms with Gasteiger partial charge in [-0.1, -0.05) is 46.9 Å². The van der Waals surface area contributed by atoms with Crippen molar-refractivity contribution < 1.29 is 19.1 Å². The Bertz CT molecular complexity index is 1520. The number of rotatable bonds is 6. The van der Waals surface area contributed by atoms with Crippen molar-refractivity contribution in [2.45, 2.75) is 13.1 Å². The molecule has 10 heteroatoms. The van der Waals surface area contributed by atoms with Gasteiger partial charge in [0.15, 0.2) is 0 Å². The topological polar surface area (TPSA) is 96.6 Å². The Morgan fingerprint density at radius 2 is 1.00 bits per heavy atom. The summed E-state index contributed by atoms with van der Waals surface area (Å²) in [5.41, 5.74) is 1.35. The van der Waals surface area contributed by atoms with E-state index in [1.54, 1.807) is 24.3 Å². The molecule has 2 heterocycles. The monoisotopic (exact) mass is 492 g/mol. The quantitative estimate of drug-likeness (QED) is 0.265. The molecule has 0 fully saturated rings. The second-order valence-electron chi connectivity index (χ2n) is 7.26. The second-order valence-corrected chi connectivity index (χ2v) is 9.25. The third-order valence-corrected chi connectivity index (χ3v) is 6.93. The molecule has 0 atom stereocenters. The van der Waals surface area contributed by atoms with Crippen LogP contribution in [0.2, 0.25) is 0 Å². The highest BCUT2D eigenvalue weighted by molar-refractivity contribution is 7.16. The summed E-state index contributed by atoms with van der Waals surface area (Å²) in [6, 6.07) is 20.4. The minimum atomic E-state index is -0.598. The summed E-state index contributed by atoms with van der Waals surface area (Å²) in [5, 5.41) is 0. The van der Waals surface area contributed by atoms with Crippen molar-refractivity contribution in [1.82, 2.24) is 9.13 Å². The Morgan fingerprint density at radius 3 is 1.41 bits per heavy atom. The molecular formula is C24H16N2O6S2. The third-order valence-electron chi connectivity index (χ3n) is 5.01. The minimum absolute atomic E-state index is 0.219. The molecule has 5 rings (SSSR count). The lowest BCUT2D eigenvalue weighted by molar-refractivity contribution is -0.136. The maximum absolute atomic E-state index is 12.4. The standard InChI is InChI=1S/C24H16N2O6S2/c27-21(13-25-17-5-1-3-7-19(17)33-23(25)29)31-15-9-11-16(12-10-15)32-22(28)14-26-18-6-2-4-8-20(18)34-24(26)30/h1-12H,13-14H2. The lowest BCUT2D eigenvalue weighted by Gasteiger charge is -2.08. The molecule has 0 aliphatic heterocycles. The van der Waals surface area contributed by atoms with Crippen LogP contribution < -0.4 is 19.2 Å². The van der Waals surface area contributed by atoms with Gasteiger partial charge in [-0.25, -0.2) is 9.59 Å². The van der Waals surface area contributed by atoms with Gasteiger partial charge in [0.05, 0.1) is 20.4 Å². The molecule has 0 aliphatic rings. The van der Waals surface area contributed by atoms with Gasteiger partial charge >= 0.3 is 21.7 Å². The average Bonchev–Trinajstić information content (AvgIpc) is 3.31. The molecule has 0 bridgehead atoms. The number of fused-ring (bicyclic) bond motifs is 2. The molecule has 0 saturated heterocycles. The van der Waals surface area contributed by atoms with Gasteiger partial charge in [0.1, 0.15) is 24.6 Å². The van der Waals surface area contributed by atoms with Crippen molar-refractivity contribution in [3.05, 3.63) is 92.1 Å². The van der Waals surface area contributed by atoms with Crippen LogP contribution in [0.25, 0.3) is 20.4 Å². The lowest BCUT2D eigenvalue weighted by atomic mass is 10.3. The molecule has 0 radical (unpaired) electrons. The van der Waals surface area contributed by atoms with Crippen LogP contribution in [-0.4, -0.2) is 21.1 Å². The first kappa shape index (κ1) is 21.8. The average molecular weight is 493 g/mol. The van der Waals surface area contributed by atoms with E-state index in [9.17, 15) is 19.2 Å². The predicted octanol–water partition coefficient (Wildman–Crippen LogP) is 3.65. The summed E-state index contributed by atoms with van der Waals surface area (Å²) in [4.78, 5) is 48.6. The van der Waals surface area contributed by atoms with Crippen LogP contribution in [0.1, 0.15) is 0 Å². The Labute approximate surface area is 199 Å². The zero-order valence-electron chi connectivity index (χ0n) is 17.5. The van der Waals surface area contributed by atoms with Crippen LogP contribution in [0.4, 0.5) is 0 Å². The van der Waals surface area contributed by atoms with Crippen molar-refractivity contribution in [3.63, 3.8) is 0 Å². The van der Waals surface area contributed by atoms with Crippen molar-refractivity contribution in [1.29, 1.82) is 0 Å². The maximum atomic E-state index is 12.4. The van der Waals surface area contributed by atoms with Crippen molar-refractivity contribution in [2.75, 3.05) is 0 Å². The van der Waals surface area contributed by atoms with Crippen molar-refractivity contribution in [2.24, 2.45) is 0 Å². The van der Waals surface area contributed by atoms with Crippen LogP contribution in [-0.2, 0) is 22.7 Å². The number of carbonyl (C=O) groups excluding carboxylic acids is 2. The first-order valence-corrected chi connectivity index (χ1v) is 11.8. The zero-order chi connectivity index (χ0) is 23.7. The van der Waals surface area contributed by atoms with Gasteiger partial charge in [0.2, 0.25) is 0 Å². The number of aromatic nitrogens is 2. The Kier molecular flexibility index (Phi) is 5.83. The first-order valence-electron chi connectivity index (χ1n) is 10.2. The summed E-state index contributed by atoms with van der Waals surface area (Å²) in [7, 11) is 0. The summed E-state index contributed by atoms with van der Waals surface area (Å²) < 4.78 is 15.0. The van der Waals surface area contributed by atoms with E-state index >= 15 is 0 Å². The van der Waals surface area contributed by atoms with Crippen LogP contribution in [0.3, 0.4) is 0 Å². The van der Waals surface area contributed by atoms with Crippen molar-refractivity contribution in [3.8, 4) is 11.5 Å². The molecule has 3 aromatic carbocycles. The lowest BCUT2D eigenvalue weighted by Crippen LogP contribution is -2.23. The highest BCUT2D eigenvalue weighted by Gasteiger charge is 2.14. The van der Waals surface area contributed by atoms with Crippen LogP contribution in [0, 0.1) is 0 Å². The molecule has 8 nitrogen and oxygen atoms in total. The predicted molar refractivity (Wildman–Crippen MR) is 130 cm³/mol. The smallest absolute Gasteiger partial charge is 0.331 e. The molecular weight excluding hydrogens is 476 g/mol. The van der Waals surface area contributed by atoms with E-state index in [2.05, 4.69) is 0 Å². The highest BCUT2D eigenvalue weighted by atomic mass is 32.1. The largest absolute Gasteiger partial charge is 0.425 e. The number of esters is 2. The number of ether oxygens (including phenoxy) is 2. The van der Waals surface area contributed by atoms with Gasteiger partial charge in [-0.2, -0.15) is 0 Å². The van der Waals surface area contributed by atoms with Gasteiger partial charge in [-0.05, 0) is 48.5 Å². The zero-order valence-corrected chi connectivity index (χ0v) is 19.1. The molecule has 0 unspecified atom stereocenters. The highest BCUT2D eigenvalue weighted by Crippen LogP contribution is 2.20. The number of hydrogen-bond donors (Lipinski definition) is 0. The molecule has 2 aromatic heterocycles. The Morgan fingerprint density at radius 1 is 0.618 bits per heavy atom. The van der Waals surface area contributed by atoms with E-state index in [0.717, 1.165) is 32.1 Å². The van der Waals surface area contributed by atoms with Gasteiger partial charge in [-0.3, -0.25) is 18.7 Å². The SMILES string of the molecule is O=C(Cn1c(=O)sc2ccccc21)Oc1ccc(OC(=O)Cn2c(=O)sc3ccccc32)cc1. The molecule has 0 amide bonds. The summed E-state index contributed by atoms with van der Waals surface area (Å²) in [6.45, 7) is -0.439. The molecule has 0 spiro atoms. The Hall–Kier alpha value is -4.02. The number of benzene rings is 3. The Balaban J connectivity index is 1.22. The van der Waals surface area contributed by atoms with Crippen LogP contribution in [0.5, 0.6) is 11.5 Å². The van der Waals surface area contributed by atoms with E-state index < -0.39 is 11.9 Å². The number of thiazole rings is 2. The van der Waals surface area contributed by atoms with Gasteiger partial charge in [0.25, 0.3) is 0 Å². The number of para-hydroxylation sites is 2. The molecule has 0 N–H and O–H groups in total. The number of hydrogen-bond acceptors (Lipinski definition) is 8. The van der Waals surface area contributed by atoms with E-state index in [1.165, 1.54) is 33.4 Å². The normalized spacial score (nSPS) is 11.1. The molecule has 5 aromatic rings. The fraction of sp³-hybridized carbons (Fsp3) is 0.0833. The maximum Gasteiger partial charge on any atom is 0.331 e. The van der Waals surface area contributed by atoms with Gasteiger partial charge in [-0.15, -0.1) is 0 Å².